The maximum absolute atomic E-state index is 5.88. The number of hydrogen-bond donors (Lipinski definition) is 0. The van der Waals surface area contributed by atoms with Crippen molar-refractivity contribution in [2.24, 2.45) is 5.92 Å². The fourth-order valence-electron chi connectivity index (χ4n) is 2.37. The molecule has 1 nitrogen and oxygen atoms in total. The molecule has 0 N–H and O–H groups in total. The number of hydrogen-bond acceptors (Lipinski definition) is 1. The van der Waals surface area contributed by atoms with Crippen LogP contribution in [0.1, 0.15) is 52.4 Å². The summed E-state index contributed by atoms with van der Waals surface area (Å²) in [5, 5.41) is 0. The Morgan fingerprint density at radius 3 is 2.57 bits per heavy atom. The molecular formula is C13H24O. The minimum atomic E-state index is 0.506. The number of rotatable bonds is 5. The molecule has 0 aromatic carbocycles. The summed E-state index contributed by atoms with van der Waals surface area (Å²) in [6, 6.07) is 0. The van der Waals surface area contributed by atoms with E-state index in [1.165, 1.54) is 38.5 Å². The van der Waals surface area contributed by atoms with Gasteiger partial charge in [-0.1, -0.05) is 38.3 Å². The Morgan fingerprint density at radius 1 is 1.29 bits per heavy atom. The van der Waals surface area contributed by atoms with Crippen molar-refractivity contribution >= 4 is 0 Å². The number of ether oxygens (including phenoxy) is 1. The van der Waals surface area contributed by atoms with Gasteiger partial charge in [0.15, 0.2) is 0 Å². The van der Waals surface area contributed by atoms with E-state index in [1.54, 1.807) is 0 Å². The maximum atomic E-state index is 5.88. The minimum absolute atomic E-state index is 0.506. The highest BCUT2D eigenvalue weighted by molar-refractivity contribution is 4.79. The average Bonchev–Trinajstić information content (AvgIpc) is 2.26. The quantitative estimate of drug-likeness (QED) is 0.605. The van der Waals surface area contributed by atoms with Crippen LogP contribution in [0.25, 0.3) is 0 Å². The first-order valence-corrected chi connectivity index (χ1v) is 6.11. The van der Waals surface area contributed by atoms with Gasteiger partial charge in [-0.25, -0.2) is 0 Å². The first-order valence-electron chi connectivity index (χ1n) is 6.11. The molecule has 0 spiro atoms. The van der Waals surface area contributed by atoms with Crippen molar-refractivity contribution in [1.82, 2.24) is 0 Å². The molecule has 1 aliphatic rings. The van der Waals surface area contributed by atoms with Crippen molar-refractivity contribution in [1.29, 1.82) is 0 Å². The van der Waals surface area contributed by atoms with Gasteiger partial charge in [-0.3, -0.25) is 0 Å². The topological polar surface area (TPSA) is 9.23 Å². The summed E-state index contributed by atoms with van der Waals surface area (Å²) < 4.78 is 5.88. The van der Waals surface area contributed by atoms with Crippen LogP contribution >= 0.6 is 0 Å². The molecule has 0 radical (unpaired) electrons. The highest BCUT2D eigenvalue weighted by Gasteiger charge is 2.22. The monoisotopic (exact) mass is 196 g/mol. The van der Waals surface area contributed by atoms with Crippen molar-refractivity contribution in [3.8, 4) is 0 Å². The first-order chi connectivity index (χ1) is 6.88. The number of allylic oxidation sites excluding steroid dienone is 1. The zero-order chi connectivity index (χ0) is 10.2. The van der Waals surface area contributed by atoms with Gasteiger partial charge in [-0.15, -0.1) is 0 Å². The van der Waals surface area contributed by atoms with E-state index in [0.717, 1.165) is 12.5 Å². The van der Waals surface area contributed by atoms with Gasteiger partial charge < -0.3 is 4.74 Å². The van der Waals surface area contributed by atoms with Crippen LogP contribution in [-0.2, 0) is 4.74 Å². The molecule has 0 aliphatic heterocycles. The molecule has 0 aromatic rings. The lowest BCUT2D eigenvalue weighted by Crippen LogP contribution is -2.25. The van der Waals surface area contributed by atoms with Gasteiger partial charge in [0.2, 0.25) is 0 Å². The van der Waals surface area contributed by atoms with E-state index >= 15 is 0 Å². The molecule has 0 amide bonds. The molecular weight excluding hydrogens is 172 g/mol. The van der Waals surface area contributed by atoms with Crippen LogP contribution in [0.15, 0.2) is 12.2 Å². The largest absolute Gasteiger partial charge is 0.374 e. The van der Waals surface area contributed by atoms with Crippen LogP contribution in [0, 0.1) is 5.92 Å². The Kier molecular flexibility index (Phi) is 5.93. The molecule has 0 saturated heterocycles. The van der Waals surface area contributed by atoms with Gasteiger partial charge in [-0.05, 0) is 32.1 Å². The minimum Gasteiger partial charge on any atom is -0.374 e. The molecule has 0 bridgehead atoms. The van der Waals surface area contributed by atoms with Crippen LogP contribution in [0.3, 0.4) is 0 Å². The third-order valence-corrected chi connectivity index (χ3v) is 3.22. The van der Waals surface area contributed by atoms with Crippen LogP contribution in [0.2, 0.25) is 0 Å². The fraction of sp³-hybridized carbons (Fsp3) is 0.846. The molecule has 1 saturated carbocycles. The second-order valence-corrected chi connectivity index (χ2v) is 4.25. The fourth-order valence-corrected chi connectivity index (χ4v) is 2.37. The Labute approximate surface area is 88.5 Å². The molecule has 1 fully saturated rings. The van der Waals surface area contributed by atoms with Gasteiger partial charge >= 0.3 is 0 Å². The molecule has 1 heteroatoms. The van der Waals surface area contributed by atoms with E-state index in [9.17, 15) is 0 Å². The van der Waals surface area contributed by atoms with Crippen molar-refractivity contribution in [3.05, 3.63) is 12.2 Å². The predicted molar refractivity (Wildman–Crippen MR) is 61.4 cm³/mol. The summed E-state index contributed by atoms with van der Waals surface area (Å²) in [5.41, 5.74) is 0. The maximum Gasteiger partial charge on any atom is 0.0651 e. The molecule has 0 heterocycles. The SMILES string of the molecule is CC=CCOC(CC)C1CCCCC1. The average molecular weight is 196 g/mol. The van der Waals surface area contributed by atoms with Gasteiger partial charge in [0, 0.05) is 0 Å². The van der Waals surface area contributed by atoms with E-state index in [-0.39, 0.29) is 0 Å². The van der Waals surface area contributed by atoms with E-state index < -0.39 is 0 Å². The van der Waals surface area contributed by atoms with Gasteiger partial charge in [0.1, 0.15) is 0 Å². The summed E-state index contributed by atoms with van der Waals surface area (Å²) in [4.78, 5) is 0. The van der Waals surface area contributed by atoms with Crippen molar-refractivity contribution in [2.45, 2.75) is 58.5 Å². The normalized spacial score (nSPS) is 21.6. The summed E-state index contributed by atoms with van der Waals surface area (Å²) in [5.74, 6) is 0.832. The Hall–Kier alpha value is -0.300. The second-order valence-electron chi connectivity index (χ2n) is 4.25. The van der Waals surface area contributed by atoms with Crippen LogP contribution in [0.5, 0.6) is 0 Å². The lowest BCUT2D eigenvalue weighted by atomic mass is 9.84. The summed E-state index contributed by atoms with van der Waals surface area (Å²) in [6.45, 7) is 5.09. The molecule has 1 aliphatic carbocycles. The van der Waals surface area contributed by atoms with Crippen molar-refractivity contribution < 1.29 is 4.74 Å². The molecule has 1 rings (SSSR count). The Morgan fingerprint density at radius 2 is 2.00 bits per heavy atom. The van der Waals surface area contributed by atoms with Gasteiger partial charge in [0.25, 0.3) is 0 Å². The highest BCUT2D eigenvalue weighted by atomic mass is 16.5. The molecule has 82 valence electrons. The van der Waals surface area contributed by atoms with E-state index in [2.05, 4.69) is 19.1 Å². The van der Waals surface area contributed by atoms with Gasteiger partial charge in [-0.2, -0.15) is 0 Å². The van der Waals surface area contributed by atoms with Gasteiger partial charge in [0.05, 0.1) is 12.7 Å². The lowest BCUT2D eigenvalue weighted by Gasteiger charge is -2.29. The molecule has 1 atom stereocenters. The smallest absolute Gasteiger partial charge is 0.0651 e. The third-order valence-electron chi connectivity index (χ3n) is 3.22. The second kappa shape index (κ2) is 7.05. The Balaban J connectivity index is 2.27. The standard InChI is InChI=1S/C13H24O/c1-3-5-11-14-13(4-2)12-9-7-6-8-10-12/h3,5,12-13H,4,6-11H2,1-2H3. The summed E-state index contributed by atoms with van der Waals surface area (Å²) in [6.07, 6.45) is 12.9. The Bertz CT molecular complexity index is 157. The summed E-state index contributed by atoms with van der Waals surface area (Å²) >= 11 is 0. The van der Waals surface area contributed by atoms with E-state index in [1.807, 2.05) is 6.92 Å². The molecule has 1 unspecified atom stereocenters. The predicted octanol–water partition coefficient (Wildman–Crippen LogP) is 3.94. The highest BCUT2D eigenvalue weighted by Crippen LogP contribution is 2.29. The van der Waals surface area contributed by atoms with Crippen LogP contribution < -0.4 is 0 Å². The van der Waals surface area contributed by atoms with E-state index in [4.69, 9.17) is 4.74 Å². The zero-order valence-corrected chi connectivity index (χ0v) is 9.67. The molecule has 14 heavy (non-hydrogen) atoms. The van der Waals surface area contributed by atoms with Crippen molar-refractivity contribution in [3.63, 3.8) is 0 Å². The van der Waals surface area contributed by atoms with Crippen molar-refractivity contribution in [2.75, 3.05) is 6.61 Å². The first kappa shape index (κ1) is 11.8. The lowest BCUT2D eigenvalue weighted by molar-refractivity contribution is 0.0134. The van der Waals surface area contributed by atoms with E-state index in [0.29, 0.717) is 6.10 Å². The van der Waals surface area contributed by atoms with Crippen LogP contribution in [0.4, 0.5) is 0 Å². The third kappa shape index (κ3) is 3.83. The molecule has 0 aromatic heterocycles. The zero-order valence-electron chi connectivity index (χ0n) is 9.67. The summed E-state index contributed by atoms with van der Waals surface area (Å²) in [7, 11) is 0. The van der Waals surface area contributed by atoms with Crippen LogP contribution in [-0.4, -0.2) is 12.7 Å².